The maximum atomic E-state index is 10.6. The Hall–Kier alpha value is -1.96. The molecule has 15 heavy (non-hydrogen) atoms. The molecule has 82 valence electrons. The number of carbonyl (C=O) groups is 2. The van der Waals surface area contributed by atoms with Gasteiger partial charge < -0.3 is 14.2 Å². The average molecular weight is 212 g/mol. The van der Waals surface area contributed by atoms with Gasteiger partial charge in [-0.1, -0.05) is 5.92 Å². The molecule has 0 aliphatic rings. The largest absolute Gasteiger partial charge is 0.508 e. The topological polar surface area (TPSA) is 61.8 Å². The van der Waals surface area contributed by atoms with Crippen molar-refractivity contribution in [2.45, 2.75) is 6.92 Å². The number of rotatable bonds is 2. The third-order valence-electron chi connectivity index (χ3n) is 1.30. The summed E-state index contributed by atoms with van der Waals surface area (Å²) in [6.45, 7) is 1.73. The van der Waals surface area contributed by atoms with Crippen LogP contribution in [0.5, 0.6) is 0 Å². The standard InChI is InChI=1S/C10H12O5/c1-8(4-5-9(11)13-2)6-7-15-10(12)14-3/h6H,7H2,1-3H3/b8-6+. The van der Waals surface area contributed by atoms with Crippen LogP contribution in [-0.2, 0) is 19.0 Å². The minimum Gasteiger partial charge on any atom is -0.459 e. The van der Waals surface area contributed by atoms with E-state index in [0.29, 0.717) is 5.57 Å². The highest BCUT2D eigenvalue weighted by molar-refractivity contribution is 5.88. The van der Waals surface area contributed by atoms with E-state index in [-0.39, 0.29) is 6.61 Å². The monoisotopic (exact) mass is 212 g/mol. The Morgan fingerprint density at radius 1 is 1.20 bits per heavy atom. The van der Waals surface area contributed by atoms with E-state index < -0.39 is 12.1 Å². The highest BCUT2D eigenvalue weighted by Gasteiger charge is 1.96. The molecule has 0 radical (unpaired) electrons. The molecule has 0 aromatic rings. The van der Waals surface area contributed by atoms with Crippen LogP contribution in [-0.4, -0.2) is 33.0 Å². The number of esters is 1. The molecule has 0 saturated carbocycles. The molecule has 0 aromatic carbocycles. The van der Waals surface area contributed by atoms with Gasteiger partial charge in [-0.3, -0.25) is 0 Å². The average Bonchev–Trinajstić information content (AvgIpc) is 2.25. The molecular formula is C10H12O5. The molecule has 0 N–H and O–H groups in total. The van der Waals surface area contributed by atoms with Gasteiger partial charge in [0.25, 0.3) is 0 Å². The Morgan fingerprint density at radius 3 is 2.40 bits per heavy atom. The van der Waals surface area contributed by atoms with Gasteiger partial charge in [0.05, 0.1) is 14.2 Å². The smallest absolute Gasteiger partial charge is 0.459 e. The molecule has 0 atom stereocenters. The van der Waals surface area contributed by atoms with Gasteiger partial charge in [0, 0.05) is 5.92 Å². The maximum absolute atomic E-state index is 10.6. The van der Waals surface area contributed by atoms with E-state index in [1.54, 1.807) is 13.0 Å². The molecule has 0 saturated heterocycles. The first-order valence-corrected chi connectivity index (χ1v) is 4.07. The molecule has 0 aliphatic heterocycles. The Morgan fingerprint density at radius 2 is 1.87 bits per heavy atom. The summed E-state index contributed by atoms with van der Waals surface area (Å²) >= 11 is 0. The number of ether oxygens (including phenoxy) is 3. The van der Waals surface area contributed by atoms with Crippen LogP contribution < -0.4 is 0 Å². The second-order valence-electron chi connectivity index (χ2n) is 2.39. The zero-order valence-electron chi connectivity index (χ0n) is 8.83. The summed E-state index contributed by atoms with van der Waals surface area (Å²) < 4.78 is 13.1. The molecule has 0 unspecified atom stereocenters. The quantitative estimate of drug-likeness (QED) is 0.386. The Balaban J connectivity index is 4.03. The molecule has 0 aromatic heterocycles. The molecule has 0 amide bonds. The highest BCUT2D eigenvalue weighted by atomic mass is 16.7. The number of methoxy groups -OCH3 is 2. The van der Waals surface area contributed by atoms with Crippen LogP contribution in [0.25, 0.3) is 0 Å². The van der Waals surface area contributed by atoms with Crippen molar-refractivity contribution >= 4 is 12.1 Å². The van der Waals surface area contributed by atoms with Crippen molar-refractivity contribution < 1.29 is 23.8 Å². The van der Waals surface area contributed by atoms with Crippen molar-refractivity contribution in [3.63, 3.8) is 0 Å². The summed E-state index contributed by atoms with van der Waals surface area (Å²) in [6.07, 6.45) is 0.785. The van der Waals surface area contributed by atoms with Gasteiger partial charge in [-0.05, 0) is 18.6 Å². The Bertz CT molecular complexity index is 318. The normalized spacial score (nSPS) is 9.67. The molecular weight excluding hydrogens is 200 g/mol. The van der Waals surface area contributed by atoms with E-state index in [1.165, 1.54) is 14.2 Å². The Labute approximate surface area is 88.0 Å². The molecule has 0 fully saturated rings. The van der Waals surface area contributed by atoms with Gasteiger partial charge in [0.15, 0.2) is 0 Å². The summed E-state index contributed by atoms with van der Waals surface area (Å²) in [4.78, 5) is 21.1. The lowest BCUT2D eigenvalue weighted by atomic mass is 10.3. The lowest BCUT2D eigenvalue weighted by Crippen LogP contribution is -2.03. The van der Waals surface area contributed by atoms with Crippen molar-refractivity contribution in [3.05, 3.63) is 11.6 Å². The van der Waals surface area contributed by atoms with Gasteiger partial charge in [0.2, 0.25) is 0 Å². The predicted octanol–water partition coefficient (Wildman–Crippen LogP) is 0.892. The number of hydrogen-bond donors (Lipinski definition) is 0. The van der Waals surface area contributed by atoms with E-state index >= 15 is 0 Å². The molecule has 5 heteroatoms. The van der Waals surface area contributed by atoms with Crippen molar-refractivity contribution in [1.82, 2.24) is 0 Å². The van der Waals surface area contributed by atoms with Crippen LogP contribution >= 0.6 is 0 Å². The first-order valence-electron chi connectivity index (χ1n) is 4.07. The summed E-state index contributed by atoms with van der Waals surface area (Å²) in [5, 5.41) is 0. The second-order valence-corrected chi connectivity index (χ2v) is 2.39. The summed E-state index contributed by atoms with van der Waals surface area (Å²) in [7, 11) is 2.46. The van der Waals surface area contributed by atoms with E-state index in [9.17, 15) is 9.59 Å². The fourth-order valence-electron chi connectivity index (χ4n) is 0.545. The van der Waals surface area contributed by atoms with Crippen molar-refractivity contribution in [1.29, 1.82) is 0 Å². The Kier molecular flexibility index (Phi) is 6.47. The van der Waals surface area contributed by atoms with Gasteiger partial charge in [0.1, 0.15) is 6.61 Å². The fourth-order valence-corrected chi connectivity index (χ4v) is 0.545. The molecule has 0 aliphatic carbocycles. The highest BCUT2D eigenvalue weighted by Crippen LogP contribution is 1.91. The number of hydrogen-bond acceptors (Lipinski definition) is 5. The van der Waals surface area contributed by atoms with Crippen molar-refractivity contribution in [2.75, 3.05) is 20.8 Å². The van der Waals surface area contributed by atoms with Gasteiger partial charge >= 0.3 is 12.1 Å². The van der Waals surface area contributed by atoms with E-state index in [4.69, 9.17) is 0 Å². The summed E-state index contributed by atoms with van der Waals surface area (Å²) in [6, 6.07) is 0. The predicted molar refractivity (Wildman–Crippen MR) is 51.9 cm³/mol. The van der Waals surface area contributed by atoms with Crippen LogP contribution in [0.3, 0.4) is 0 Å². The van der Waals surface area contributed by atoms with Gasteiger partial charge in [-0.15, -0.1) is 0 Å². The van der Waals surface area contributed by atoms with Crippen LogP contribution in [0.15, 0.2) is 11.6 Å². The zero-order valence-corrected chi connectivity index (χ0v) is 8.83. The molecule has 5 nitrogen and oxygen atoms in total. The van der Waals surface area contributed by atoms with Crippen molar-refractivity contribution in [3.8, 4) is 11.8 Å². The third-order valence-corrected chi connectivity index (χ3v) is 1.30. The second kappa shape index (κ2) is 7.44. The minimum atomic E-state index is -0.764. The summed E-state index contributed by atoms with van der Waals surface area (Å²) in [5.41, 5.74) is 0.601. The van der Waals surface area contributed by atoms with E-state index in [2.05, 4.69) is 26.1 Å². The van der Waals surface area contributed by atoms with Gasteiger partial charge in [-0.2, -0.15) is 0 Å². The molecule has 0 bridgehead atoms. The molecule has 0 spiro atoms. The first-order chi connectivity index (χ1) is 7.10. The van der Waals surface area contributed by atoms with E-state index in [1.807, 2.05) is 0 Å². The third kappa shape index (κ3) is 7.14. The minimum absolute atomic E-state index is 0.0500. The number of carbonyl (C=O) groups excluding carboxylic acids is 2. The fraction of sp³-hybridized carbons (Fsp3) is 0.400. The molecule has 0 rings (SSSR count). The van der Waals surface area contributed by atoms with Crippen LogP contribution in [0.1, 0.15) is 6.92 Å². The lowest BCUT2D eigenvalue weighted by Gasteiger charge is -1.97. The SMILES string of the molecule is COC(=O)C#C/C(C)=C/COC(=O)OC. The lowest BCUT2D eigenvalue weighted by molar-refractivity contribution is -0.133. The first kappa shape index (κ1) is 13.0. The van der Waals surface area contributed by atoms with Crippen LogP contribution in [0.2, 0.25) is 0 Å². The summed E-state index contributed by atoms with van der Waals surface area (Å²) in [5.74, 6) is 4.15. The zero-order chi connectivity index (χ0) is 11.7. The van der Waals surface area contributed by atoms with Gasteiger partial charge in [-0.25, -0.2) is 9.59 Å². The maximum Gasteiger partial charge on any atom is 0.508 e. The van der Waals surface area contributed by atoms with Crippen LogP contribution in [0.4, 0.5) is 4.79 Å². The van der Waals surface area contributed by atoms with E-state index in [0.717, 1.165) is 0 Å². The van der Waals surface area contributed by atoms with Crippen LogP contribution in [0, 0.1) is 11.8 Å². The van der Waals surface area contributed by atoms with Crippen molar-refractivity contribution in [2.24, 2.45) is 0 Å². The molecule has 0 heterocycles. The number of allylic oxidation sites excluding steroid dienone is 1.